The number of aromatic nitrogens is 6. The van der Waals surface area contributed by atoms with Gasteiger partial charge in [0, 0.05) is 17.8 Å². The van der Waals surface area contributed by atoms with Crippen LogP contribution in [-0.2, 0) is 0 Å². The Morgan fingerprint density at radius 1 is 0.895 bits per heavy atom. The number of tetrazole rings is 1. The molecule has 6 nitrogen and oxygen atoms in total. The van der Waals surface area contributed by atoms with Crippen LogP contribution in [0, 0.1) is 11.6 Å². The highest BCUT2D eigenvalue weighted by Crippen LogP contribution is 2.14. The quantitative estimate of drug-likeness (QED) is 0.696. The molecule has 0 amide bonds. The molecule has 0 radical (unpaired) electrons. The van der Waals surface area contributed by atoms with Crippen LogP contribution in [0.25, 0.3) is 17.1 Å². The summed E-state index contributed by atoms with van der Waals surface area (Å²) in [5.41, 5.74) is 0.707. The zero-order valence-corrected chi connectivity index (χ0v) is 9.40. The minimum atomic E-state index is -0.510. The van der Waals surface area contributed by atoms with Crippen molar-refractivity contribution in [3.05, 3.63) is 48.6 Å². The second-order valence-corrected chi connectivity index (χ2v) is 3.66. The summed E-state index contributed by atoms with van der Waals surface area (Å²) in [4.78, 5) is 8.48. The molecule has 0 saturated carbocycles. The van der Waals surface area contributed by atoms with Crippen LogP contribution in [0.1, 0.15) is 0 Å². The first-order valence-electron chi connectivity index (χ1n) is 5.24. The normalized spacial score (nSPS) is 10.6. The minimum absolute atomic E-state index is 0.191. The molecule has 0 bridgehead atoms. The summed E-state index contributed by atoms with van der Waals surface area (Å²) >= 11 is 0. The molecular formula is C11H6F2N6. The van der Waals surface area contributed by atoms with E-state index in [1.165, 1.54) is 24.5 Å². The Hall–Kier alpha value is -2.77. The SMILES string of the molecule is Fc1cncc(-c2nnn(-c3cncc(F)c3)n2)c1. The Labute approximate surface area is 105 Å². The van der Waals surface area contributed by atoms with Crippen molar-refractivity contribution >= 4 is 0 Å². The van der Waals surface area contributed by atoms with Gasteiger partial charge >= 0.3 is 0 Å². The maximum atomic E-state index is 13.0. The van der Waals surface area contributed by atoms with Gasteiger partial charge in [-0.15, -0.1) is 15.0 Å². The van der Waals surface area contributed by atoms with Crippen molar-refractivity contribution in [1.82, 2.24) is 30.2 Å². The molecule has 0 fully saturated rings. The van der Waals surface area contributed by atoms with Crippen LogP contribution in [0.5, 0.6) is 0 Å². The fraction of sp³-hybridized carbons (Fsp3) is 0. The van der Waals surface area contributed by atoms with Crippen LogP contribution in [0.15, 0.2) is 36.9 Å². The van der Waals surface area contributed by atoms with Crippen LogP contribution in [0.4, 0.5) is 8.78 Å². The van der Waals surface area contributed by atoms with Crippen molar-refractivity contribution in [2.75, 3.05) is 0 Å². The van der Waals surface area contributed by atoms with E-state index in [9.17, 15) is 8.78 Å². The van der Waals surface area contributed by atoms with E-state index in [2.05, 4.69) is 25.4 Å². The van der Waals surface area contributed by atoms with Crippen LogP contribution in [0.3, 0.4) is 0 Å². The van der Waals surface area contributed by atoms with E-state index < -0.39 is 11.6 Å². The number of halogens is 2. The van der Waals surface area contributed by atoms with Crippen molar-refractivity contribution in [1.29, 1.82) is 0 Å². The van der Waals surface area contributed by atoms with Gasteiger partial charge in [-0.3, -0.25) is 9.97 Å². The van der Waals surface area contributed by atoms with Gasteiger partial charge in [-0.1, -0.05) is 0 Å². The largest absolute Gasteiger partial charge is 0.261 e. The number of pyridine rings is 2. The highest BCUT2D eigenvalue weighted by molar-refractivity contribution is 5.52. The Morgan fingerprint density at radius 2 is 1.63 bits per heavy atom. The molecule has 0 aromatic carbocycles. The lowest BCUT2D eigenvalue weighted by molar-refractivity contribution is 0.613. The molecule has 94 valence electrons. The maximum absolute atomic E-state index is 13.0. The predicted octanol–water partition coefficient (Wildman–Crippen LogP) is 1.40. The van der Waals surface area contributed by atoms with Crippen LogP contribution in [-0.4, -0.2) is 30.2 Å². The highest BCUT2D eigenvalue weighted by atomic mass is 19.1. The van der Waals surface area contributed by atoms with Crippen LogP contribution in [0.2, 0.25) is 0 Å². The van der Waals surface area contributed by atoms with Gasteiger partial charge in [-0.2, -0.15) is 0 Å². The summed E-state index contributed by atoms with van der Waals surface area (Å²) in [6.07, 6.45) is 4.94. The van der Waals surface area contributed by atoms with Gasteiger partial charge in [0.25, 0.3) is 0 Å². The number of rotatable bonds is 2. The van der Waals surface area contributed by atoms with Gasteiger partial charge in [0.05, 0.1) is 18.6 Å². The van der Waals surface area contributed by atoms with Crippen molar-refractivity contribution in [2.24, 2.45) is 0 Å². The standard InChI is InChI=1S/C11H6F2N6/c12-8-1-7(3-14-4-8)11-16-18-19(17-11)10-2-9(13)5-15-6-10/h1-6H. The third kappa shape index (κ3) is 2.28. The first-order valence-corrected chi connectivity index (χ1v) is 5.24. The summed E-state index contributed by atoms with van der Waals surface area (Å²) in [6.45, 7) is 0. The van der Waals surface area contributed by atoms with Gasteiger partial charge in [-0.25, -0.2) is 8.78 Å². The molecular weight excluding hydrogens is 254 g/mol. The topological polar surface area (TPSA) is 69.4 Å². The first kappa shape index (κ1) is 11.3. The fourth-order valence-electron chi connectivity index (χ4n) is 1.48. The lowest BCUT2D eigenvalue weighted by Crippen LogP contribution is -2.00. The lowest BCUT2D eigenvalue weighted by Gasteiger charge is -1.96. The van der Waals surface area contributed by atoms with Gasteiger partial charge in [0.15, 0.2) is 0 Å². The molecule has 3 aromatic rings. The van der Waals surface area contributed by atoms with Crippen molar-refractivity contribution in [2.45, 2.75) is 0 Å². The van der Waals surface area contributed by atoms with E-state index in [1.807, 2.05) is 0 Å². The molecule has 0 unspecified atom stereocenters. The van der Waals surface area contributed by atoms with E-state index in [4.69, 9.17) is 0 Å². The van der Waals surface area contributed by atoms with Crippen LogP contribution >= 0.6 is 0 Å². The van der Waals surface area contributed by atoms with E-state index in [1.54, 1.807) is 0 Å². The molecule has 0 aliphatic rings. The summed E-state index contributed by atoms with van der Waals surface area (Å²) in [5, 5.41) is 11.5. The second kappa shape index (κ2) is 4.48. The van der Waals surface area contributed by atoms with Crippen molar-refractivity contribution in [3.63, 3.8) is 0 Å². The Morgan fingerprint density at radius 3 is 2.37 bits per heavy atom. The number of hydrogen-bond donors (Lipinski definition) is 0. The summed E-state index contributed by atoms with van der Waals surface area (Å²) < 4.78 is 26.1. The summed E-state index contributed by atoms with van der Waals surface area (Å²) in [5.74, 6) is -0.818. The van der Waals surface area contributed by atoms with Gasteiger partial charge in [0.1, 0.15) is 17.3 Å². The second-order valence-electron chi connectivity index (χ2n) is 3.66. The molecule has 0 N–H and O–H groups in total. The Balaban J connectivity index is 2.00. The van der Waals surface area contributed by atoms with E-state index >= 15 is 0 Å². The average molecular weight is 260 g/mol. The molecule has 3 aromatic heterocycles. The molecule has 0 atom stereocenters. The Bertz CT molecular complexity index is 666. The molecule has 19 heavy (non-hydrogen) atoms. The van der Waals surface area contributed by atoms with Gasteiger partial charge in [0.2, 0.25) is 5.82 Å². The predicted molar refractivity (Wildman–Crippen MR) is 60.1 cm³/mol. The molecule has 3 rings (SSSR count). The molecule has 3 heterocycles. The third-order valence-corrected chi connectivity index (χ3v) is 2.30. The maximum Gasteiger partial charge on any atom is 0.207 e. The Kier molecular flexibility index (Phi) is 2.67. The van der Waals surface area contributed by atoms with E-state index in [0.29, 0.717) is 11.3 Å². The van der Waals surface area contributed by atoms with E-state index in [-0.39, 0.29) is 5.82 Å². The van der Waals surface area contributed by atoms with Gasteiger partial charge < -0.3 is 0 Å². The number of nitrogens with zero attached hydrogens (tertiary/aromatic N) is 6. The van der Waals surface area contributed by atoms with Crippen molar-refractivity contribution < 1.29 is 8.78 Å². The smallest absolute Gasteiger partial charge is 0.207 e. The average Bonchev–Trinajstić information content (AvgIpc) is 2.88. The molecule has 0 spiro atoms. The molecule has 0 aliphatic carbocycles. The zero-order valence-electron chi connectivity index (χ0n) is 9.40. The molecule has 8 heteroatoms. The third-order valence-electron chi connectivity index (χ3n) is 2.30. The fourth-order valence-corrected chi connectivity index (χ4v) is 1.48. The lowest BCUT2D eigenvalue weighted by atomic mass is 10.3. The molecule has 0 saturated heterocycles. The highest BCUT2D eigenvalue weighted by Gasteiger charge is 2.09. The monoisotopic (exact) mass is 260 g/mol. The first-order chi connectivity index (χ1) is 9.22. The number of hydrogen-bond acceptors (Lipinski definition) is 5. The molecule has 0 aliphatic heterocycles. The van der Waals surface area contributed by atoms with Crippen LogP contribution < -0.4 is 0 Å². The summed E-state index contributed by atoms with van der Waals surface area (Å²) in [6, 6.07) is 2.44. The van der Waals surface area contributed by atoms with E-state index in [0.717, 1.165) is 17.2 Å². The van der Waals surface area contributed by atoms with Crippen molar-refractivity contribution in [3.8, 4) is 17.1 Å². The zero-order chi connectivity index (χ0) is 13.2. The minimum Gasteiger partial charge on any atom is -0.261 e. The summed E-state index contributed by atoms with van der Waals surface area (Å²) in [7, 11) is 0. The van der Waals surface area contributed by atoms with Gasteiger partial charge in [-0.05, 0) is 11.3 Å².